The van der Waals surface area contributed by atoms with Gasteiger partial charge in [0.2, 0.25) is 0 Å². The van der Waals surface area contributed by atoms with E-state index in [2.05, 4.69) is 217 Å². The monoisotopic (exact) mass is 741 g/mol. The van der Waals surface area contributed by atoms with Crippen LogP contribution in [0.3, 0.4) is 0 Å². The summed E-state index contributed by atoms with van der Waals surface area (Å²) in [6.07, 6.45) is 0. The van der Waals surface area contributed by atoms with Crippen LogP contribution in [-0.2, 0) is 5.41 Å². The number of hydrogen-bond donors (Lipinski definition) is 0. The van der Waals surface area contributed by atoms with Crippen molar-refractivity contribution >= 4 is 48.6 Å². The SMILES string of the molecule is c1ccc(-c2ccc(N(c3ccc4c(c3)C3(c5ccccc5-c5ccccc53)c3ccccc3-4)c3cc(-c4ccccc4)c4sc5ccccc5c4c3)cc2)cc1. The molecule has 2 heteroatoms. The molecule has 0 unspecified atom stereocenters. The maximum absolute atomic E-state index is 2.50. The van der Waals surface area contributed by atoms with Gasteiger partial charge in [-0.1, -0.05) is 170 Å². The number of fused-ring (bicyclic) bond motifs is 13. The number of hydrogen-bond acceptors (Lipinski definition) is 2. The van der Waals surface area contributed by atoms with Crippen LogP contribution in [-0.4, -0.2) is 0 Å². The van der Waals surface area contributed by atoms with Gasteiger partial charge in [0.15, 0.2) is 0 Å². The normalized spacial score (nSPS) is 13.1. The molecular formula is C55H35NS. The molecule has 0 atom stereocenters. The van der Waals surface area contributed by atoms with Crippen molar-refractivity contribution < 1.29 is 0 Å². The highest BCUT2D eigenvalue weighted by Gasteiger charge is 2.51. The minimum Gasteiger partial charge on any atom is -0.310 e. The standard InChI is InChI=1S/C55H35NS/c1-3-15-36(16-4-1)37-27-29-39(30-28-37)56(41-33-47(38-17-5-2-6-18-38)54-48(34-41)46-22-10-14-26-53(46)57-54)40-31-32-45-44-21-9-13-25-51(44)55(52(45)35-40)49-23-11-7-19-42(49)43-20-8-12-24-50(43)55/h1-35H. The van der Waals surface area contributed by atoms with Gasteiger partial charge >= 0.3 is 0 Å². The molecule has 1 nitrogen and oxygen atoms in total. The summed E-state index contributed by atoms with van der Waals surface area (Å²) in [6, 6.07) is 78.7. The van der Waals surface area contributed by atoms with Gasteiger partial charge < -0.3 is 4.90 Å². The third kappa shape index (κ3) is 4.68. The Morgan fingerprint density at radius 2 is 0.825 bits per heavy atom. The van der Waals surface area contributed by atoms with Crippen molar-refractivity contribution in [1.29, 1.82) is 0 Å². The van der Waals surface area contributed by atoms with E-state index in [0.717, 1.165) is 17.1 Å². The van der Waals surface area contributed by atoms with Gasteiger partial charge in [0.25, 0.3) is 0 Å². The van der Waals surface area contributed by atoms with Crippen molar-refractivity contribution in [3.8, 4) is 44.5 Å². The van der Waals surface area contributed by atoms with Crippen LogP contribution in [0.5, 0.6) is 0 Å². The van der Waals surface area contributed by atoms with E-state index in [-0.39, 0.29) is 0 Å². The first-order chi connectivity index (χ1) is 28.3. The van der Waals surface area contributed by atoms with Crippen molar-refractivity contribution in [2.45, 2.75) is 5.41 Å². The van der Waals surface area contributed by atoms with Crippen LogP contribution in [0, 0.1) is 0 Å². The van der Waals surface area contributed by atoms with Crippen molar-refractivity contribution in [2.75, 3.05) is 4.90 Å². The molecule has 0 N–H and O–H groups in total. The molecule has 9 aromatic carbocycles. The summed E-state index contributed by atoms with van der Waals surface area (Å²) in [4.78, 5) is 2.48. The van der Waals surface area contributed by atoms with Gasteiger partial charge in [-0.25, -0.2) is 0 Å². The van der Waals surface area contributed by atoms with Crippen molar-refractivity contribution in [3.05, 3.63) is 235 Å². The van der Waals surface area contributed by atoms with E-state index in [1.807, 2.05) is 11.3 Å². The van der Waals surface area contributed by atoms with Gasteiger partial charge in [0.05, 0.1) is 5.41 Å². The molecule has 2 aliphatic rings. The van der Waals surface area contributed by atoms with Crippen molar-refractivity contribution in [3.63, 3.8) is 0 Å². The number of benzene rings is 9. The molecule has 0 amide bonds. The largest absolute Gasteiger partial charge is 0.310 e. The Morgan fingerprint density at radius 3 is 1.47 bits per heavy atom. The predicted molar refractivity (Wildman–Crippen MR) is 241 cm³/mol. The maximum Gasteiger partial charge on any atom is 0.0726 e. The molecule has 1 heterocycles. The third-order valence-electron chi connectivity index (χ3n) is 12.3. The molecule has 0 bridgehead atoms. The molecule has 0 radical (unpaired) electrons. The van der Waals surface area contributed by atoms with Crippen LogP contribution in [0.4, 0.5) is 17.1 Å². The fourth-order valence-corrected chi connectivity index (χ4v) is 11.1. The lowest BCUT2D eigenvalue weighted by atomic mass is 9.70. The van der Waals surface area contributed by atoms with E-state index in [4.69, 9.17) is 0 Å². The van der Waals surface area contributed by atoms with E-state index in [9.17, 15) is 0 Å². The van der Waals surface area contributed by atoms with E-state index in [1.54, 1.807) is 0 Å². The molecule has 10 aromatic rings. The van der Waals surface area contributed by atoms with E-state index in [1.165, 1.54) is 86.9 Å². The van der Waals surface area contributed by atoms with Crippen LogP contribution in [0.15, 0.2) is 212 Å². The Bertz CT molecular complexity index is 3110. The summed E-state index contributed by atoms with van der Waals surface area (Å²) < 4.78 is 2.62. The summed E-state index contributed by atoms with van der Waals surface area (Å²) in [7, 11) is 0. The van der Waals surface area contributed by atoms with Gasteiger partial charge in [-0.05, 0) is 104 Å². The number of thiophene rings is 1. The van der Waals surface area contributed by atoms with Crippen molar-refractivity contribution in [2.24, 2.45) is 0 Å². The highest BCUT2D eigenvalue weighted by Crippen LogP contribution is 2.63. The molecule has 12 rings (SSSR count). The average molecular weight is 742 g/mol. The van der Waals surface area contributed by atoms with Crippen molar-refractivity contribution in [1.82, 2.24) is 0 Å². The maximum atomic E-state index is 2.50. The minimum atomic E-state index is -0.430. The highest BCUT2D eigenvalue weighted by atomic mass is 32.1. The molecule has 1 spiro atoms. The average Bonchev–Trinajstić information content (AvgIpc) is 3.91. The molecule has 0 saturated heterocycles. The lowest BCUT2D eigenvalue weighted by Crippen LogP contribution is -2.26. The summed E-state index contributed by atoms with van der Waals surface area (Å²) in [6.45, 7) is 0. The van der Waals surface area contributed by atoms with Gasteiger partial charge in [0, 0.05) is 42.8 Å². The lowest BCUT2D eigenvalue weighted by molar-refractivity contribution is 0.793. The second-order valence-electron chi connectivity index (χ2n) is 15.2. The second-order valence-corrected chi connectivity index (χ2v) is 16.3. The Morgan fingerprint density at radius 1 is 0.316 bits per heavy atom. The van der Waals surface area contributed by atoms with Crippen LogP contribution < -0.4 is 4.90 Å². The molecule has 0 fully saturated rings. The van der Waals surface area contributed by atoms with Crippen LogP contribution in [0.1, 0.15) is 22.3 Å². The summed E-state index contributed by atoms with van der Waals surface area (Å²) in [5, 5.41) is 2.57. The smallest absolute Gasteiger partial charge is 0.0726 e. The number of nitrogens with zero attached hydrogens (tertiary/aromatic N) is 1. The molecule has 266 valence electrons. The number of anilines is 3. The molecular weight excluding hydrogens is 707 g/mol. The summed E-state index contributed by atoms with van der Waals surface area (Å²) in [5.74, 6) is 0. The minimum absolute atomic E-state index is 0.430. The zero-order valence-electron chi connectivity index (χ0n) is 31.1. The molecule has 0 aliphatic heterocycles. The van der Waals surface area contributed by atoms with Crippen LogP contribution in [0.25, 0.3) is 64.7 Å². The zero-order valence-corrected chi connectivity index (χ0v) is 31.9. The first kappa shape index (κ1) is 32.3. The zero-order chi connectivity index (χ0) is 37.5. The fraction of sp³-hybridized carbons (Fsp3) is 0.0182. The van der Waals surface area contributed by atoms with E-state index < -0.39 is 5.41 Å². The Labute approximate surface area is 336 Å². The highest BCUT2D eigenvalue weighted by molar-refractivity contribution is 7.26. The Hall–Kier alpha value is -7.00. The topological polar surface area (TPSA) is 3.24 Å². The second kappa shape index (κ2) is 12.5. The van der Waals surface area contributed by atoms with Gasteiger partial charge in [-0.2, -0.15) is 0 Å². The third-order valence-corrected chi connectivity index (χ3v) is 13.5. The van der Waals surface area contributed by atoms with Gasteiger partial charge in [0.1, 0.15) is 0 Å². The lowest BCUT2D eigenvalue weighted by Gasteiger charge is -2.32. The molecule has 2 aliphatic carbocycles. The van der Waals surface area contributed by atoms with Crippen LogP contribution >= 0.6 is 11.3 Å². The number of rotatable bonds is 5. The van der Waals surface area contributed by atoms with Crippen LogP contribution in [0.2, 0.25) is 0 Å². The van der Waals surface area contributed by atoms with Gasteiger partial charge in [-0.15, -0.1) is 11.3 Å². The molecule has 1 aromatic heterocycles. The summed E-state index contributed by atoms with van der Waals surface area (Å²) in [5.41, 5.74) is 18.5. The Balaban J connectivity index is 1.14. The fourth-order valence-electron chi connectivity index (χ4n) is 9.88. The first-order valence-electron chi connectivity index (χ1n) is 19.7. The summed E-state index contributed by atoms with van der Waals surface area (Å²) >= 11 is 1.89. The van der Waals surface area contributed by atoms with E-state index in [0.29, 0.717) is 0 Å². The molecule has 57 heavy (non-hydrogen) atoms. The predicted octanol–water partition coefficient (Wildman–Crippen LogP) is 15.2. The van der Waals surface area contributed by atoms with Gasteiger partial charge in [-0.3, -0.25) is 0 Å². The first-order valence-corrected chi connectivity index (χ1v) is 20.5. The molecule has 0 saturated carbocycles. The quantitative estimate of drug-likeness (QED) is 0.170. The van der Waals surface area contributed by atoms with E-state index >= 15 is 0 Å². The Kier molecular flexibility index (Phi) is 7.08.